The van der Waals surface area contributed by atoms with E-state index in [-0.39, 0.29) is 11.5 Å². The van der Waals surface area contributed by atoms with Crippen molar-refractivity contribution in [3.63, 3.8) is 0 Å². The Morgan fingerprint density at radius 2 is 1.92 bits per heavy atom. The Balaban J connectivity index is 1.75. The third-order valence-electron chi connectivity index (χ3n) is 3.31. The van der Waals surface area contributed by atoms with Crippen LogP contribution in [0.3, 0.4) is 0 Å². The normalized spacial score (nSPS) is 10.2. The minimum Gasteiger partial charge on any atom is -0.439 e. The number of para-hydroxylation sites is 1. The summed E-state index contributed by atoms with van der Waals surface area (Å²) < 4.78 is 6.99. The zero-order chi connectivity index (χ0) is 16.9. The number of hydrogen-bond donors (Lipinski definition) is 1. The summed E-state index contributed by atoms with van der Waals surface area (Å²) in [5.74, 6) is 0.716. The van der Waals surface area contributed by atoms with Crippen molar-refractivity contribution < 1.29 is 9.53 Å². The largest absolute Gasteiger partial charge is 0.439 e. The number of ether oxygens (including phenoxy) is 1. The zero-order valence-corrected chi connectivity index (χ0v) is 13.0. The maximum atomic E-state index is 12.3. The molecule has 1 aromatic carbocycles. The highest BCUT2D eigenvalue weighted by molar-refractivity contribution is 6.04. The number of aryl methyl sites for hydroxylation is 1. The van der Waals surface area contributed by atoms with Crippen LogP contribution in [0.15, 0.2) is 71.8 Å². The van der Waals surface area contributed by atoms with Crippen LogP contribution in [-0.2, 0) is 7.05 Å². The molecule has 0 atom stereocenters. The number of benzene rings is 1. The SMILES string of the molecule is Cn1cc(C(=O)Nc2ccnc(Oc3ccccc3)c2)ccc1=O. The first-order valence-corrected chi connectivity index (χ1v) is 7.29. The van der Waals surface area contributed by atoms with Gasteiger partial charge in [-0.05, 0) is 24.3 Å². The van der Waals surface area contributed by atoms with Crippen LogP contribution in [0.2, 0.25) is 0 Å². The van der Waals surface area contributed by atoms with Crippen molar-refractivity contribution >= 4 is 11.6 Å². The van der Waals surface area contributed by atoms with E-state index in [2.05, 4.69) is 10.3 Å². The summed E-state index contributed by atoms with van der Waals surface area (Å²) in [4.78, 5) is 27.8. The Morgan fingerprint density at radius 3 is 2.67 bits per heavy atom. The number of nitrogens with one attached hydrogen (secondary N) is 1. The number of carbonyl (C=O) groups is 1. The summed E-state index contributed by atoms with van der Waals surface area (Å²) in [6.45, 7) is 0. The quantitative estimate of drug-likeness (QED) is 0.802. The number of anilines is 1. The van der Waals surface area contributed by atoms with Gasteiger partial charge >= 0.3 is 0 Å². The monoisotopic (exact) mass is 321 g/mol. The summed E-state index contributed by atoms with van der Waals surface area (Å²) >= 11 is 0. The van der Waals surface area contributed by atoms with Crippen molar-refractivity contribution in [1.29, 1.82) is 0 Å². The fourth-order valence-corrected chi connectivity index (χ4v) is 2.08. The molecular formula is C18H15N3O3. The van der Waals surface area contributed by atoms with E-state index in [9.17, 15) is 9.59 Å². The maximum Gasteiger partial charge on any atom is 0.257 e. The predicted octanol–water partition coefficient (Wildman–Crippen LogP) is 2.82. The van der Waals surface area contributed by atoms with Gasteiger partial charge in [-0.3, -0.25) is 9.59 Å². The highest BCUT2D eigenvalue weighted by atomic mass is 16.5. The summed E-state index contributed by atoms with van der Waals surface area (Å²) in [5.41, 5.74) is 0.767. The van der Waals surface area contributed by atoms with Gasteiger partial charge in [0.2, 0.25) is 11.4 Å². The fourth-order valence-electron chi connectivity index (χ4n) is 2.08. The number of amides is 1. The minimum atomic E-state index is -0.317. The lowest BCUT2D eigenvalue weighted by Gasteiger charge is -2.08. The van der Waals surface area contributed by atoms with Crippen LogP contribution in [0.5, 0.6) is 11.6 Å². The van der Waals surface area contributed by atoms with Crippen molar-refractivity contribution in [2.75, 3.05) is 5.32 Å². The molecule has 0 saturated heterocycles. The van der Waals surface area contributed by atoms with E-state index in [0.29, 0.717) is 22.9 Å². The van der Waals surface area contributed by atoms with E-state index in [1.54, 1.807) is 25.4 Å². The number of nitrogens with zero attached hydrogens (tertiary/aromatic N) is 2. The lowest BCUT2D eigenvalue weighted by atomic mass is 10.2. The summed E-state index contributed by atoms with van der Waals surface area (Å²) in [6, 6.07) is 15.4. The zero-order valence-electron chi connectivity index (χ0n) is 13.0. The van der Waals surface area contributed by atoms with E-state index in [0.717, 1.165) is 0 Å². The topological polar surface area (TPSA) is 73.2 Å². The second-order valence-electron chi connectivity index (χ2n) is 5.12. The predicted molar refractivity (Wildman–Crippen MR) is 90.4 cm³/mol. The van der Waals surface area contributed by atoms with E-state index >= 15 is 0 Å². The molecule has 0 spiro atoms. The maximum absolute atomic E-state index is 12.3. The molecule has 3 aromatic rings. The molecule has 2 aromatic heterocycles. The van der Waals surface area contributed by atoms with Gasteiger partial charge in [-0.15, -0.1) is 0 Å². The van der Waals surface area contributed by atoms with E-state index in [1.807, 2.05) is 30.3 Å². The number of pyridine rings is 2. The van der Waals surface area contributed by atoms with Gasteiger partial charge in [-0.25, -0.2) is 4.98 Å². The van der Waals surface area contributed by atoms with Gasteiger partial charge in [-0.2, -0.15) is 0 Å². The van der Waals surface area contributed by atoms with E-state index in [4.69, 9.17) is 4.74 Å². The first-order valence-electron chi connectivity index (χ1n) is 7.29. The Bertz CT molecular complexity index is 920. The van der Waals surface area contributed by atoms with E-state index in [1.165, 1.54) is 22.9 Å². The first kappa shape index (κ1) is 15.5. The average Bonchev–Trinajstić information content (AvgIpc) is 2.58. The van der Waals surface area contributed by atoms with Crippen LogP contribution in [0.25, 0.3) is 0 Å². The first-order chi connectivity index (χ1) is 11.6. The molecule has 0 aliphatic rings. The van der Waals surface area contributed by atoms with Crippen molar-refractivity contribution in [3.05, 3.63) is 82.9 Å². The highest BCUT2D eigenvalue weighted by Crippen LogP contribution is 2.21. The molecule has 1 N–H and O–H groups in total. The van der Waals surface area contributed by atoms with Crippen molar-refractivity contribution in [3.8, 4) is 11.6 Å². The molecule has 6 nitrogen and oxygen atoms in total. The number of aromatic nitrogens is 2. The Hall–Kier alpha value is -3.41. The van der Waals surface area contributed by atoms with Crippen LogP contribution in [0.1, 0.15) is 10.4 Å². The number of rotatable bonds is 4. The lowest BCUT2D eigenvalue weighted by Crippen LogP contribution is -2.19. The van der Waals surface area contributed by atoms with Crippen LogP contribution in [0.4, 0.5) is 5.69 Å². The number of carbonyl (C=O) groups excluding carboxylic acids is 1. The van der Waals surface area contributed by atoms with E-state index < -0.39 is 0 Å². The molecule has 0 aliphatic heterocycles. The summed E-state index contributed by atoms with van der Waals surface area (Å²) in [5, 5.41) is 2.76. The Kier molecular flexibility index (Phi) is 4.38. The van der Waals surface area contributed by atoms with Gasteiger partial charge in [0.05, 0.1) is 5.56 Å². The standard InChI is InChI=1S/C18H15N3O3/c1-21-12-13(7-8-17(21)22)18(23)20-14-9-10-19-16(11-14)24-15-5-3-2-4-6-15/h2-12H,1H3,(H,19,20,23). The van der Waals surface area contributed by atoms with Crippen molar-refractivity contribution in [2.24, 2.45) is 7.05 Å². The second kappa shape index (κ2) is 6.78. The van der Waals surface area contributed by atoms with Gasteiger partial charge in [-0.1, -0.05) is 18.2 Å². The molecule has 6 heteroatoms. The third kappa shape index (κ3) is 3.67. The lowest BCUT2D eigenvalue weighted by molar-refractivity contribution is 0.102. The molecule has 2 heterocycles. The van der Waals surface area contributed by atoms with Gasteiger partial charge in [0, 0.05) is 37.3 Å². The molecule has 0 fully saturated rings. The molecule has 3 rings (SSSR count). The summed E-state index contributed by atoms with van der Waals surface area (Å²) in [7, 11) is 1.59. The molecule has 0 saturated carbocycles. The van der Waals surface area contributed by atoms with Crippen LogP contribution < -0.4 is 15.6 Å². The molecule has 0 radical (unpaired) electrons. The molecule has 120 valence electrons. The highest BCUT2D eigenvalue weighted by Gasteiger charge is 2.08. The summed E-state index contributed by atoms with van der Waals surface area (Å²) in [6.07, 6.45) is 3.04. The van der Waals surface area contributed by atoms with Crippen molar-refractivity contribution in [1.82, 2.24) is 9.55 Å². The Morgan fingerprint density at radius 1 is 1.12 bits per heavy atom. The van der Waals surface area contributed by atoms with Crippen molar-refractivity contribution in [2.45, 2.75) is 0 Å². The third-order valence-corrected chi connectivity index (χ3v) is 3.31. The van der Waals surface area contributed by atoms with Crippen LogP contribution >= 0.6 is 0 Å². The molecule has 0 bridgehead atoms. The second-order valence-corrected chi connectivity index (χ2v) is 5.12. The fraction of sp³-hybridized carbons (Fsp3) is 0.0556. The minimum absolute atomic E-state index is 0.172. The van der Waals surface area contributed by atoms with Crippen LogP contribution in [-0.4, -0.2) is 15.5 Å². The molecule has 0 aliphatic carbocycles. The molecule has 0 unspecified atom stereocenters. The average molecular weight is 321 g/mol. The molecular weight excluding hydrogens is 306 g/mol. The molecule has 24 heavy (non-hydrogen) atoms. The van der Waals surface area contributed by atoms with Gasteiger partial charge < -0.3 is 14.6 Å². The van der Waals surface area contributed by atoms with Gasteiger partial charge in [0.1, 0.15) is 5.75 Å². The molecule has 1 amide bonds. The Labute approximate surface area is 138 Å². The number of hydrogen-bond acceptors (Lipinski definition) is 4. The smallest absolute Gasteiger partial charge is 0.257 e. The van der Waals surface area contributed by atoms with Crippen LogP contribution in [0, 0.1) is 0 Å². The van der Waals surface area contributed by atoms with Gasteiger partial charge in [0.25, 0.3) is 5.91 Å². The van der Waals surface area contributed by atoms with Gasteiger partial charge in [0.15, 0.2) is 0 Å².